The highest BCUT2D eigenvalue weighted by Gasteiger charge is 2.02. The summed E-state index contributed by atoms with van der Waals surface area (Å²) in [6, 6.07) is 0. The molecule has 0 spiro atoms. The van der Waals surface area contributed by atoms with Crippen molar-refractivity contribution >= 4 is 10.0 Å². The van der Waals surface area contributed by atoms with Gasteiger partial charge in [0, 0.05) is 0 Å². The SMILES string of the molecule is CCCCCCCCCCCCS([NH])(=O)=O. The van der Waals surface area contributed by atoms with Crippen LogP contribution in [0.5, 0.6) is 0 Å². The van der Waals surface area contributed by atoms with Gasteiger partial charge in [-0.05, 0) is 6.42 Å². The van der Waals surface area contributed by atoms with Crippen LogP contribution in [-0.2, 0) is 10.0 Å². The molecule has 0 aromatic rings. The van der Waals surface area contributed by atoms with Crippen molar-refractivity contribution < 1.29 is 8.42 Å². The molecule has 0 amide bonds. The van der Waals surface area contributed by atoms with Gasteiger partial charge in [0.25, 0.3) is 0 Å². The maximum atomic E-state index is 10.5. The zero-order valence-corrected chi connectivity index (χ0v) is 11.3. The molecule has 0 rings (SSSR count). The summed E-state index contributed by atoms with van der Waals surface area (Å²) in [5.41, 5.74) is 0. The Kier molecular flexibility index (Phi) is 10.0. The van der Waals surface area contributed by atoms with E-state index in [2.05, 4.69) is 6.92 Å². The van der Waals surface area contributed by atoms with Crippen LogP contribution >= 0.6 is 0 Å². The molecule has 0 aromatic heterocycles. The van der Waals surface area contributed by atoms with Crippen LogP contribution in [0.1, 0.15) is 71.1 Å². The summed E-state index contributed by atoms with van der Waals surface area (Å²) in [7, 11) is -3.48. The average molecular weight is 248 g/mol. The molecule has 4 heteroatoms. The molecule has 0 saturated carbocycles. The summed E-state index contributed by atoms with van der Waals surface area (Å²) in [4.78, 5) is 0. The third kappa shape index (κ3) is 13.9. The highest BCUT2D eigenvalue weighted by atomic mass is 32.2. The highest BCUT2D eigenvalue weighted by molar-refractivity contribution is 7.88. The molecular formula is C12H26NO2S. The average Bonchev–Trinajstić information content (AvgIpc) is 2.19. The van der Waals surface area contributed by atoms with E-state index in [4.69, 9.17) is 5.14 Å². The molecule has 0 aliphatic carbocycles. The third-order valence-electron chi connectivity index (χ3n) is 2.77. The third-order valence-corrected chi connectivity index (χ3v) is 3.59. The minimum Gasteiger partial charge on any atom is -0.211 e. The number of hydrogen-bond donors (Lipinski definition) is 0. The van der Waals surface area contributed by atoms with Gasteiger partial charge in [-0.1, -0.05) is 64.7 Å². The van der Waals surface area contributed by atoms with E-state index >= 15 is 0 Å². The van der Waals surface area contributed by atoms with Gasteiger partial charge in [0.1, 0.15) is 0 Å². The molecule has 0 fully saturated rings. The molecule has 0 aliphatic rings. The molecule has 3 nitrogen and oxygen atoms in total. The predicted octanol–water partition coefficient (Wildman–Crippen LogP) is 3.52. The van der Waals surface area contributed by atoms with Gasteiger partial charge in [0.05, 0.1) is 5.75 Å². The van der Waals surface area contributed by atoms with E-state index in [9.17, 15) is 8.42 Å². The van der Waals surface area contributed by atoms with Crippen molar-refractivity contribution in [3.8, 4) is 0 Å². The van der Waals surface area contributed by atoms with E-state index in [-0.39, 0.29) is 5.75 Å². The molecule has 97 valence electrons. The second-order valence-corrected chi connectivity index (χ2v) is 6.14. The van der Waals surface area contributed by atoms with Gasteiger partial charge in [0.15, 0.2) is 0 Å². The summed E-state index contributed by atoms with van der Waals surface area (Å²) in [5, 5.41) is 6.71. The first-order valence-corrected chi connectivity index (χ1v) is 8.19. The first-order chi connectivity index (χ1) is 7.56. The molecule has 0 heterocycles. The Balaban J connectivity index is 3.05. The second-order valence-electron chi connectivity index (χ2n) is 4.50. The van der Waals surface area contributed by atoms with Crippen LogP contribution < -0.4 is 5.14 Å². The number of sulfonamides is 1. The smallest absolute Gasteiger partial charge is 0.211 e. The minimum absolute atomic E-state index is 0.0312. The fraction of sp³-hybridized carbons (Fsp3) is 1.00. The Morgan fingerprint density at radius 3 is 1.50 bits per heavy atom. The van der Waals surface area contributed by atoms with Crippen molar-refractivity contribution in [2.24, 2.45) is 0 Å². The first-order valence-electron chi connectivity index (χ1n) is 6.53. The number of unbranched alkanes of at least 4 members (excludes halogenated alkanes) is 9. The Labute approximate surface area is 101 Å². The lowest BCUT2D eigenvalue weighted by molar-refractivity contribution is 0.558. The van der Waals surface area contributed by atoms with Crippen LogP contribution in [0, 0.1) is 0 Å². The molecule has 1 radical (unpaired) electrons. The summed E-state index contributed by atoms with van der Waals surface area (Å²) < 4.78 is 21.1. The Hall–Kier alpha value is -0.0900. The summed E-state index contributed by atoms with van der Waals surface area (Å²) in [5.74, 6) is 0.0312. The van der Waals surface area contributed by atoms with E-state index in [1.165, 1.54) is 44.9 Å². The number of nitrogens with one attached hydrogen (secondary N) is 1. The van der Waals surface area contributed by atoms with Crippen LogP contribution in [0.25, 0.3) is 0 Å². The van der Waals surface area contributed by atoms with Crippen LogP contribution in [0.4, 0.5) is 0 Å². The van der Waals surface area contributed by atoms with Gasteiger partial charge < -0.3 is 0 Å². The fourth-order valence-electron chi connectivity index (χ4n) is 1.78. The van der Waals surface area contributed by atoms with Gasteiger partial charge >= 0.3 is 0 Å². The predicted molar refractivity (Wildman–Crippen MR) is 68.7 cm³/mol. The summed E-state index contributed by atoms with van der Waals surface area (Å²) in [6.45, 7) is 2.22. The maximum Gasteiger partial charge on any atom is 0.225 e. The Morgan fingerprint density at radius 2 is 1.12 bits per heavy atom. The Morgan fingerprint density at radius 1 is 0.750 bits per heavy atom. The van der Waals surface area contributed by atoms with Crippen molar-refractivity contribution in [3.05, 3.63) is 0 Å². The van der Waals surface area contributed by atoms with Gasteiger partial charge in [-0.2, -0.15) is 0 Å². The molecular weight excluding hydrogens is 222 g/mol. The fourth-order valence-corrected chi connectivity index (χ4v) is 2.36. The highest BCUT2D eigenvalue weighted by Crippen LogP contribution is 2.10. The Bertz CT molecular complexity index is 237. The first kappa shape index (κ1) is 15.9. The molecule has 0 saturated heterocycles. The maximum absolute atomic E-state index is 10.5. The normalized spacial score (nSPS) is 11.9. The molecule has 0 unspecified atom stereocenters. The van der Waals surface area contributed by atoms with E-state index < -0.39 is 10.0 Å². The van der Waals surface area contributed by atoms with Crippen LogP contribution in [-0.4, -0.2) is 14.2 Å². The monoisotopic (exact) mass is 248 g/mol. The second kappa shape index (κ2) is 10.1. The lowest BCUT2D eigenvalue weighted by Crippen LogP contribution is -2.05. The molecule has 0 aromatic carbocycles. The largest absolute Gasteiger partial charge is 0.225 e. The standard InChI is InChI=1S/C12H26NO2S/c1-2-3-4-5-6-7-8-9-10-11-12-16(13,14)15/h13H,2-12H2,1H3. The minimum atomic E-state index is -3.48. The number of hydrogen-bond acceptors (Lipinski definition) is 2. The van der Waals surface area contributed by atoms with Crippen molar-refractivity contribution in [1.82, 2.24) is 5.14 Å². The van der Waals surface area contributed by atoms with Crippen molar-refractivity contribution in [2.45, 2.75) is 71.1 Å². The van der Waals surface area contributed by atoms with Crippen LogP contribution in [0.2, 0.25) is 0 Å². The topological polar surface area (TPSA) is 57.9 Å². The molecule has 0 bridgehead atoms. The van der Waals surface area contributed by atoms with Gasteiger partial charge in [-0.3, -0.25) is 0 Å². The number of rotatable bonds is 11. The van der Waals surface area contributed by atoms with Crippen molar-refractivity contribution in [2.75, 3.05) is 5.75 Å². The van der Waals surface area contributed by atoms with Gasteiger partial charge in [0.2, 0.25) is 10.0 Å². The zero-order chi connectivity index (χ0) is 12.3. The van der Waals surface area contributed by atoms with Crippen molar-refractivity contribution in [1.29, 1.82) is 0 Å². The lowest BCUT2D eigenvalue weighted by Gasteiger charge is -2.01. The molecule has 16 heavy (non-hydrogen) atoms. The summed E-state index contributed by atoms with van der Waals surface area (Å²) >= 11 is 0. The molecule has 1 N–H and O–H groups in total. The van der Waals surface area contributed by atoms with E-state index in [0.717, 1.165) is 12.8 Å². The van der Waals surface area contributed by atoms with Crippen LogP contribution in [0.3, 0.4) is 0 Å². The molecule has 0 atom stereocenters. The lowest BCUT2D eigenvalue weighted by atomic mass is 10.1. The van der Waals surface area contributed by atoms with Crippen LogP contribution in [0.15, 0.2) is 0 Å². The van der Waals surface area contributed by atoms with E-state index in [1.54, 1.807) is 0 Å². The van der Waals surface area contributed by atoms with Crippen molar-refractivity contribution in [3.63, 3.8) is 0 Å². The van der Waals surface area contributed by atoms with E-state index in [1.807, 2.05) is 0 Å². The molecule has 0 aliphatic heterocycles. The van der Waals surface area contributed by atoms with E-state index in [0.29, 0.717) is 6.42 Å². The van der Waals surface area contributed by atoms with Gasteiger partial charge in [-0.15, -0.1) is 5.14 Å². The zero-order valence-electron chi connectivity index (χ0n) is 10.5. The van der Waals surface area contributed by atoms with Gasteiger partial charge in [-0.25, -0.2) is 8.42 Å². The quantitative estimate of drug-likeness (QED) is 0.525. The summed E-state index contributed by atoms with van der Waals surface area (Å²) in [6.07, 6.45) is 11.9.